The lowest BCUT2D eigenvalue weighted by atomic mass is 9.78. The van der Waals surface area contributed by atoms with Crippen LogP contribution in [-0.2, 0) is 36.2 Å². The van der Waals surface area contributed by atoms with Crippen molar-refractivity contribution in [1.29, 1.82) is 0 Å². The maximum Gasteiger partial charge on any atom is 0.416 e. The SMILES string of the molecule is Cn1nnc(C2CC3(c4ccccc4)C(OC(=O)c4cc(C(F)(F)F)cc(C(F)(F)F)c4)CCC2N3Cc2ccccc2)n1. The van der Waals surface area contributed by atoms with Crippen LogP contribution in [0.5, 0.6) is 0 Å². The lowest BCUT2D eigenvalue weighted by molar-refractivity contribution is -0.143. The molecule has 2 saturated heterocycles. The maximum atomic E-state index is 13.6. The van der Waals surface area contributed by atoms with E-state index in [1.165, 1.54) is 4.80 Å². The summed E-state index contributed by atoms with van der Waals surface area (Å²) in [5.74, 6) is -0.990. The summed E-state index contributed by atoms with van der Waals surface area (Å²) >= 11 is 0. The molecule has 4 unspecified atom stereocenters. The predicted octanol–water partition coefficient (Wildman–Crippen LogP) is 6.52. The fraction of sp³-hybridized carbons (Fsp3) is 0.355. The molecule has 3 aromatic carbocycles. The number of fused-ring (bicyclic) bond motifs is 2. The number of nitrogens with zero attached hydrogens (tertiary/aromatic N) is 5. The van der Waals surface area contributed by atoms with Crippen molar-refractivity contribution in [2.75, 3.05) is 0 Å². The molecule has 2 aliphatic rings. The number of aryl methyl sites for hydroxylation is 1. The number of halogens is 6. The Kier molecular flexibility index (Phi) is 7.47. The van der Waals surface area contributed by atoms with Crippen molar-refractivity contribution in [3.05, 3.63) is 113 Å². The smallest absolute Gasteiger partial charge is 0.416 e. The van der Waals surface area contributed by atoms with Gasteiger partial charge in [0.2, 0.25) is 0 Å². The number of alkyl halides is 6. The minimum atomic E-state index is -5.10. The fourth-order valence-corrected chi connectivity index (χ4v) is 6.71. The van der Waals surface area contributed by atoms with Crippen LogP contribution in [0.1, 0.15) is 63.6 Å². The Hall–Kier alpha value is -4.26. The van der Waals surface area contributed by atoms with Crippen molar-refractivity contribution in [3.8, 4) is 0 Å². The minimum Gasteiger partial charge on any atom is -0.456 e. The molecule has 6 rings (SSSR count). The first-order valence-electron chi connectivity index (χ1n) is 14.0. The van der Waals surface area contributed by atoms with Gasteiger partial charge in [-0.05, 0) is 53.8 Å². The first-order valence-corrected chi connectivity index (χ1v) is 14.0. The Balaban J connectivity index is 1.45. The Bertz CT molecular complexity index is 1610. The second-order valence-corrected chi connectivity index (χ2v) is 11.2. The molecule has 230 valence electrons. The van der Waals surface area contributed by atoms with E-state index < -0.39 is 46.7 Å². The highest BCUT2D eigenvalue weighted by atomic mass is 19.4. The summed E-state index contributed by atoms with van der Waals surface area (Å²) in [5, 5.41) is 12.8. The highest BCUT2D eigenvalue weighted by molar-refractivity contribution is 5.90. The third-order valence-electron chi connectivity index (χ3n) is 8.56. The molecule has 0 spiro atoms. The summed E-state index contributed by atoms with van der Waals surface area (Å²) in [6.07, 6.45) is -9.91. The molecule has 0 saturated carbocycles. The number of ether oxygens (including phenoxy) is 1. The lowest BCUT2D eigenvalue weighted by Gasteiger charge is -2.49. The summed E-state index contributed by atoms with van der Waals surface area (Å²) in [4.78, 5) is 17.1. The molecule has 0 amide bonds. The van der Waals surface area contributed by atoms with Crippen LogP contribution in [0.25, 0.3) is 0 Å². The molecular formula is C31H27F6N5O2. The first kappa shape index (κ1) is 29.8. The molecule has 0 radical (unpaired) electrons. The van der Waals surface area contributed by atoms with Crippen LogP contribution in [0.4, 0.5) is 26.3 Å². The first-order chi connectivity index (χ1) is 20.9. The van der Waals surface area contributed by atoms with Crippen molar-refractivity contribution in [1.82, 2.24) is 25.1 Å². The van der Waals surface area contributed by atoms with Crippen molar-refractivity contribution >= 4 is 5.97 Å². The molecule has 3 heterocycles. The molecule has 1 aromatic heterocycles. The van der Waals surface area contributed by atoms with Gasteiger partial charge in [-0.25, -0.2) is 4.79 Å². The normalized spacial score (nSPS) is 23.9. The molecule has 2 fully saturated rings. The van der Waals surface area contributed by atoms with E-state index in [-0.39, 0.29) is 18.0 Å². The number of carbonyl (C=O) groups is 1. The summed E-state index contributed by atoms with van der Waals surface area (Å²) in [6, 6.07) is 19.6. The average Bonchev–Trinajstić information content (AvgIpc) is 3.51. The Morgan fingerprint density at radius 1 is 0.909 bits per heavy atom. The molecule has 2 bridgehead atoms. The van der Waals surface area contributed by atoms with Gasteiger partial charge in [-0.3, -0.25) is 4.90 Å². The Morgan fingerprint density at radius 3 is 2.09 bits per heavy atom. The van der Waals surface area contributed by atoms with E-state index in [1.54, 1.807) is 7.05 Å². The van der Waals surface area contributed by atoms with Gasteiger partial charge in [0.25, 0.3) is 0 Å². The molecule has 44 heavy (non-hydrogen) atoms. The van der Waals surface area contributed by atoms with Crippen LogP contribution >= 0.6 is 0 Å². The van der Waals surface area contributed by atoms with Crippen LogP contribution in [0.15, 0.2) is 78.9 Å². The number of aromatic nitrogens is 4. The fourth-order valence-electron chi connectivity index (χ4n) is 6.71. The van der Waals surface area contributed by atoms with Gasteiger partial charge >= 0.3 is 18.3 Å². The summed E-state index contributed by atoms with van der Waals surface area (Å²) in [6.45, 7) is 0.437. The molecule has 2 aliphatic heterocycles. The minimum absolute atomic E-state index is 0.00942. The van der Waals surface area contributed by atoms with Crippen molar-refractivity contribution in [3.63, 3.8) is 0 Å². The molecule has 4 aromatic rings. The van der Waals surface area contributed by atoms with E-state index in [0.717, 1.165) is 11.1 Å². The van der Waals surface area contributed by atoms with E-state index in [0.29, 0.717) is 43.8 Å². The average molecular weight is 616 g/mol. The molecule has 0 aliphatic carbocycles. The van der Waals surface area contributed by atoms with E-state index in [4.69, 9.17) is 4.74 Å². The number of hydrogen-bond acceptors (Lipinski definition) is 6. The Labute approximate surface area is 248 Å². The predicted molar refractivity (Wildman–Crippen MR) is 145 cm³/mol. The molecule has 0 N–H and O–H groups in total. The molecule has 13 heteroatoms. The van der Waals surface area contributed by atoms with E-state index >= 15 is 0 Å². The quantitative estimate of drug-likeness (QED) is 0.182. The molecular weight excluding hydrogens is 588 g/mol. The van der Waals surface area contributed by atoms with Gasteiger partial charge in [0, 0.05) is 18.5 Å². The van der Waals surface area contributed by atoms with Crippen LogP contribution in [0, 0.1) is 0 Å². The van der Waals surface area contributed by atoms with Gasteiger partial charge in [-0.15, -0.1) is 10.2 Å². The number of tetrazole rings is 1. The third kappa shape index (κ3) is 5.44. The van der Waals surface area contributed by atoms with E-state index in [9.17, 15) is 31.1 Å². The van der Waals surface area contributed by atoms with Crippen molar-refractivity contribution in [2.45, 2.75) is 61.8 Å². The zero-order valence-electron chi connectivity index (χ0n) is 23.4. The van der Waals surface area contributed by atoms with Crippen LogP contribution < -0.4 is 0 Å². The molecule has 4 atom stereocenters. The summed E-state index contributed by atoms with van der Waals surface area (Å²) < 4.78 is 87.5. The van der Waals surface area contributed by atoms with E-state index in [2.05, 4.69) is 20.3 Å². The van der Waals surface area contributed by atoms with Crippen LogP contribution in [0.2, 0.25) is 0 Å². The third-order valence-corrected chi connectivity index (χ3v) is 8.56. The summed E-state index contributed by atoms with van der Waals surface area (Å²) in [7, 11) is 1.65. The zero-order valence-corrected chi connectivity index (χ0v) is 23.4. The van der Waals surface area contributed by atoms with Crippen LogP contribution in [-0.4, -0.2) is 43.2 Å². The second kappa shape index (κ2) is 11.0. The highest BCUT2D eigenvalue weighted by Gasteiger charge is 2.61. The zero-order chi connectivity index (χ0) is 31.3. The van der Waals surface area contributed by atoms with Gasteiger partial charge in [0.05, 0.1) is 29.3 Å². The highest BCUT2D eigenvalue weighted by Crippen LogP contribution is 2.57. The monoisotopic (exact) mass is 615 g/mol. The lowest BCUT2D eigenvalue weighted by Crippen LogP contribution is -2.57. The number of carbonyl (C=O) groups excluding carboxylic acids is 1. The number of rotatable bonds is 6. The number of hydrogen-bond donors (Lipinski definition) is 0. The standard InChI is InChI=1S/C31H27F6N5O2/c1-41-39-27(38-40-41)24-17-29(21-10-6-3-7-11-21)26(13-12-25(24)42(29)18-19-8-4-2-5-9-19)44-28(43)20-14-22(30(32,33)34)16-23(15-20)31(35,36)37/h2-11,14-16,24-26H,12-13,17-18H2,1H3. The van der Waals surface area contributed by atoms with Gasteiger partial charge < -0.3 is 4.74 Å². The molecule has 7 nitrogen and oxygen atoms in total. The van der Waals surface area contributed by atoms with Gasteiger partial charge in [-0.2, -0.15) is 31.1 Å². The largest absolute Gasteiger partial charge is 0.456 e. The van der Waals surface area contributed by atoms with Gasteiger partial charge in [0.1, 0.15) is 6.10 Å². The Morgan fingerprint density at radius 2 is 1.52 bits per heavy atom. The second-order valence-electron chi connectivity index (χ2n) is 11.2. The van der Waals surface area contributed by atoms with Crippen molar-refractivity contribution in [2.24, 2.45) is 7.05 Å². The number of benzene rings is 3. The topological polar surface area (TPSA) is 73.1 Å². The summed E-state index contributed by atoms with van der Waals surface area (Å²) in [5.41, 5.74) is -3.21. The van der Waals surface area contributed by atoms with Crippen molar-refractivity contribution < 1.29 is 35.9 Å². The van der Waals surface area contributed by atoms with Crippen LogP contribution in [0.3, 0.4) is 0 Å². The number of esters is 1. The van der Waals surface area contributed by atoms with E-state index in [1.807, 2.05) is 60.7 Å². The number of piperidine rings is 1. The van der Waals surface area contributed by atoms with Gasteiger partial charge in [0.15, 0.2) is 5.82 Å². The maximum absolute atomic E-state index is 13.6. The van der Waals surface area contributed by atoms with Gasteiger partial charge in [-0.1, -0.05) is 60.7 Å².